The van der Waals surface area contributed by atoms with Crippen molar-refractivity contribution in [3.05, 3.63) is 35.5 Å². The second kappa shape index (κ2) is 9.24. The molecule has 0 saturated heterocycles. The molecule has 1 heterocycles. The van der Waals surface area contributed by atoms with Crippen LogP contribution in [-0.2, 0) is 0 Å². The maximum atomic E-state index is 6.03. The topological polar surface area (TPSA) is 28.2 Å². The molecule has 112 valence electrons. The highest BCUT2D eigenvalue weighted by Gasteiger charge is 2.03. The van der Waals surface area contributed by atoms with Gasteiger partial charge >= 0.3 is 0 Å². The number of rotatable bonds is 5. The van der Waals surface area contributed by atoms with Gasteiger partial charge in [-0.05, 0) is 38.5 Å². The average molecular weight is 337 g/mol. The van der Waals surface area contributed by atoms with E-state index in [2.05, 4.69) is 35.4 Å². The molecule has 2 aromatic rings. The number of halogens is 3. The summed E-state index contributed by atoms with van der Waals surface area (Å²) in [6.07, 6.45) is 1.08. The molecule has 6 heteroatoms. The number of benzene rings is 1. The minimum absolute atomic E-state index is 0. The SMILES string of the molecule is CN(C)CCCNc1nc(Cl)cc2ccccc12.Cl.Cl. The van der Waals surface area contributed by atoms with Crippen molar-refractivity contribution < 1.29 is 0 Å². The first-order valence-corrected chi connectivity index (χ1v) is 6.48. The van der Waals surface area contributed by atoms with Gasteiger partial charge in [0.25, 0.3) is 0 Å². The van der Waals surface area contributed by atoms with Gasteiger partial charge in [0.2, 0.25) is 0 Å². The van der Waals surface area contributed by atoms with Crippen LogP contribution in [0, 0.1) is 0 Å². The molecule has 0 saturated carbocycles. The van der Waals surface area contributed by atoms with E-state index < -0.39 is 0 Å². The Hall–Kier alpha value is -0.740. The molecule has 0 fully saturated rings. The zero-order chi connectivity index (χ0) is 13.0. The Bertz CT molecular complexity index is 532. The lowest BCUT2D eigenvalue weighted by atomic mass is 10.1. The molecule has 0 aliphatic rings. The number of hydrogen-bond donors (Lipinski definition) is 1. The monoisotopic (exact) mass is 335 g/mol. The summed E-state index contributed by atoms with van der Waals surface area (Å²) in [5, 5.41) is 6.13. The molecule has 1 N–H and O–H groups in total. The van der Waals surface area contributed by atoms with E-state index in [0.29, 0.717) is 5.15 Å². The third-order valence-electron chi connectivity index (χ3n) is 2.78. The first-order chi connectivity index (χ1) is 8.66. The molecule has 0 amide bonds. The number of fused-ring (bicyclic) bond motifs is 1. The summed E-state index contributed by atoms with van der Waals surface area (Å²) in [6.45, 7) is 1.96. The predicted octanol–water partition coefficient (Wildman–Crippen LogP) is 4.10. The van der Waals surface area contributed by atoms with E-state index in [-0.39, 0.29) is 24.8 Å². The minimum atomic E-state index is 0. The maximum absolute atomic E-state index is 6.03. The average Bonchev–Trinajstić information content (AvgIpc) is 2.34. The van der Waals surface area contributed by atoms with Gasteiger partial charge in [-0.25, -0.2) is 4.98 Å². The standard InChI is InChI=1S/C14H18ClN3.2ClH/c1-18(2)9-5-8-16-14-12-7-4-3-6-11(12)10-13(15)17-14;;/h3-4,6-7,10H,5,8-9H2,1-2H3,(H,16,17);2*1H. The predicted molar refractivity (Wildman–Crippen MR) is 92.9 cm³/mol. The molecule has 1 aromatic heterocycles. The van der Waals surface area contributed by atoms with Crippen molar-refractivity contribution in [1.82, 2.24) is 9.88 Å². The third kappa shape index (κ3) is 5.33. The quantitative estimate of drug-likeness (QED) is 0.658. The van der Waals surface area contributed by atoms with Crippen LogP contribution >= 0.6 is 36.4 Å². The smallest absolute Gasteiger partial charge is 0.135 e. The van der Waals surface area contributed by atoms with E-state index in [4.69, 9.17) is 11.6 Å². The van der Waals surface area contributed by atoms with E-state index in [0.717, 1.165) is 36.1 Å². The molecule has 20 heavy (non-hydrogen) atoms. The zero-order valence-electron chi connectivity index (χ0n) is 11.6. The van der Waals surface area contributed by atoms with Crippen LogP contribution in [0.2, 0.25) is 5.15 Å². The Balaban J connectivity index is 0.00000180. The fourth-order valence-corrected chi connectivity index (χ4v) is 2.11. The normalized spacial score (nSPS) is 10.0. The Morgan fingerprint density at radius 1 is 1.20 bits per heavy atom. The van der Waals surface area contributed by atoms with E-state index in [1.54, 1.807) is 0 Å². The summed E-state index contributed by atoms with van der Waals surface area (Å²) in [7, 11) is 4.15. The van der Waals surface area contributed by atoms with E-state index in [1.165, 1.54) is 0 Å². The third-order valence-corrected chi connectivity index (χ3v) is 2.98. The summed E-state index contributed by atoms with van der Waals surface area (Å²) in [4.78, 5) is 6.53. The number of pyridine rings is 1. The Kier molecular flexibility index (Phi) is 8.90. The van der Waals surface area contributed by atoms with E-state index in [9.17, 15) is 0 Å². The number of nitrogens with one attached hydrogen (secondary N) is 1. The van der Waals surface area contributed by atoms with Crippen molar-refractivity contribution in [2.24, 2.45) is 0 Å². The summed E-state index contributed by atoms with van der Waals surface area (Å²) in [5.74, 6) is 0.872. The molecular weight excluding hydrogens is 317 g/mol. The van der Waals surface area contributed by atoms with Crippen LogP contribution < -0.4 is 5.32 Å². The van der Waals surface area contributed by atoms with Gasteiger partial charge < -0.3 is 10.2 Å². The molecule has 0 radical (unpaired) electrons. The molecule has 0 bridgehead atoms. The van der Waals surface area contributed by atoms with Gasteiger partial charge in [0.05, 0.1) is 0 Å². The fourth-order valence-electron chi connectivity index (χ4n) is 1.90. The minimum Gasteiger partial charge on any atom is -0.369 e. The van der Waals surface area contributed by atoms with Gasteiger partial charge in [0.15, 0.2) is 0 Å². The van der Waals surface area contributed by atoms with E-state index in [1.807, 2.05) is 24.3 Å². The second-order valence-electron chi connectivity index (χ2n) is 4.60. The van der Waals surface area contributed by atoms with Crippen LogP contribution in [0.3, 0.4) is 0 Å². The zero-order valence-corrected chi connectivity index (χ0v) is 14.0. The first kappa shape index (κ1) is 19.3. The summed E-state index contributed by atoms with van der Waals surface area (Å²) in [6, 6.07) is 10.0. The van der Waals surface area contributed by atoms with Crippen molar-refractivity contribution in [3.8, 4) is 0 Å². The molecule has 1 aromatic carbocycles. The number of anilines is 1. The molecule has 0 spiro atoms. The van der Waals surface area contributed by atoms with Crippen LogP contribution in [0.25, 0.3) is 10.8 Å². The van der Waals surface area contributed by atoms with E-state index >= 15 is 0 Å². The lowest BCUT2D eigenvalue weighted by Gasteiger charge is -2.12. The van der Waals surface area contributed by atoms with Crippen molar-refractivity contribution in [2.45, 2.75) is 6.42 Å². The first-order valence-electron chi connectivity index (χ1n) is 6.11. The highest BCUT2D eigenvalue weighted by molar-refractivity contribution is 6.30. The summed E-state index contributed by atoms with van der Waals surface area (Å²) < 4.78 is 0. The van der Waals surface area contributed by atoms with Crippen molar-refractivity contribution in [1.29, 1.82) is 0 Å². The van der Waals surface area contributed by atoms with Crippen LogP contribution in [0.15, 0.2) is 30.3 Å². The Morgan fingerprint density at radius 3 is 2.60 bits per heavy atom. The van der Waals surface area contributed by atoms with Gasteiger partial charge in [-0.15, -0.1) is 24.8 Å². The molecule has 2 rings (SSSR count). The van der Waals surface area contributed by atoms with Crippen molar-refractivity contribution >= 4 is 53.0 Å². The molecule has 0 atom stereocenters. The summed E-state index contributed by atoms with van der Waals surface area (Å²) in [5.41, 5.74) is 0. The van der Waals surface area contributed by atoms with Crippen LogP contribution in [0.5, 0.6) is 0 Å². The number of aromatic nitrogens is 1. The lowest BCUT2D eigenvalue weighted by Crippen LogP contribution is -2.16. The Labute approximate surface area is 137 Å². The highest BCUT2D eigenvalue weighted by Crippen LogP contribution is 2.24. The fraction of sp³-hybridized carbons (Fsp3) is 0.357. The van der Waals surface area contributed by atoms with Gasteiger partial charge in [0, 0.05) is 11.9 Å². The maximum Gasteiger partial charge on any atom is 0.135 e. The van der Waals surface area contributed by atoms with Gasteiger partial charge in [-0.1, -0.05) is 35.9 Å². The lowest BCUT2D eigenvalue weighted by molar-refractivity contribution is 0.405. The Morgan fingerprint density at radius 2 is 1.90 bits per heavy atom. The second-order valence-corrected chi connectivity index (χ2v) is 4.99. The molecule has 0 unspecified atom stereocenters. The molecule has 0 aliphatic carbocycles. The molecule has 3 nitrogen and oxygen atoms in total. The van der Waals surface area contributed by atoms with Gasteiger partial charge in [0.1, 0.15) is 11.0 Å². The van der Waals surface area contributed by atoms with Crippen LogP contribution in [-0.4, -0.2) is 37.1 Å². The van der Waals surface area contributed by atoms with Crippen LogP contribution in [0.4, 0.5) is 5.82 Å². The number of nitrogens with zero attached hydrogens (tertiary/aromatic N) is 2. The van der Waals surface area contributed by atoms with Crippen molar-refractivity contribution in [3.63, 3.8) is 0 Å². The van der Waals surface area contributed by atoms with Crippen molar-refractivity contribution in [2.75, 3.05) is 32.5 Å². The van der Waals surface area contributed by atoms with Crippen LogP contribution in [0.1, 0.15) is 6.42 Å². The molecular formula is C14H20Cl3N3. The molecule has 0 aliphatic heterocycles. The van der Waals surface area contributed by atoms with Gasteiger partial charge in [-0.2, -0.15) is 0 Å². The largest absolute Gasteiger partial charge is 0.369 e. The summed E-state index contributed by atoms with van der Waals surface area (Å²) >= 11 is 6.03. The number of hydrogen-bond acceptors (Lipinski definition) is 3. The highest BCUT2D eigenvalue weighted by atomic mass is 35.5. The van der Waals surface area contributed by atoms with Gasteiger partial charge in [-0.3, -0.25) is 0 Å².